The molecule has 0 spiro atoms. The van der Waals surface area contributed by atoms with Gasteiger partial charge in [-0.1, -0.05) is 19.1 Å². The lowest BCUT2D eigenvalue weighted by atomic mass is 9.89. The summed E-state index contributed by atoms with van der Waals surface area (Å²) < 4.78 is 38.3. The molecule has 2 aliphatic heterocycles. The molecule has 2 aliphatic rings. The van der Waals surface area contributed by atoms with E-state index in [1.807, 2.05) is 37.4 Å². The molecule has 2 amide bonds. The first kappa shape index (κ1) is 19.5. The molecule has 5 nitrogen and oxygen atoms in total. The summed E-state index contributed by atoms with van der Waals surface area (Å²) in [5, 5.41) is 8.27. The monoisotopic (exact) mass is 383 g/mol. The number of carbonyl (C=O) groups excluding carboxylic acids is 2. The first-order chi connectivity index (χ1) is 12.7. The zero-order chi connectivity index (χ0) is 19.8. The molecule has 3 rings (SSSR count). The van der Waals surface area contributed by atoms with E-state index in [0.29, 0.717) is 6.42 Å². The van der Waals surface area contributed by atoms with Crippen molar-refractivity contribution in [3.63, 3.8) is 0 Å². The smallest absolute Gasteiger partial charge is 0.382 e. The summed E-state index contributed by atoms with van der Waals surface area (Å²) in [6.45, 7) is 4.03. The summed E-state index contributed by atoms with van der Waals surface area (Å²) in [7, 11) is 0. The van der Waals surface area contributed by atoms with Gasteiger partial charge in [-0.25, -0.2) is 0 Å². The number of carbonyl (C=O) groups is 2. The molecule has 1 saturated heterocycles. The minimum atomic E-state index is -4.49. The number of alkyl halides is 3. The second-order valence-electron chi connectivity index (χ2n) is 7.37. The lowest BCUT2D eigenvalue weighted by Gasteiger charge is -2.35. The number of amides is 2. The van der Waals surface area contributed by atoms with Gasteiger partial charge in [0.05, 0.1) is 6.04 Å². The van der Waals surface area contributed by atoms with E-state index in [2.05, 4.69) is 10.6 Å². The number of rotatable bonds is 3. The van der Waals surface area contributed by atoms with E-state index < -0.39 is 30.0 Å². The molecule has 0 saturated carbocycles. The maximum Gasteiger partial charge on any atom is 0.408 e. The van der Waals surface area contributed by atoms with Crippen LogP contribution in [0.15, 0.2) is 18.2 Å². The van der Waals surface area contributed by atoms with Crippen LogP contribution in [0, 0.1) is 12.8 Å². The number of hydrogen-bond donors (Lipinski definition) is 3. The summed E-state index contributed by atoms with van der Waals surface area (Å²) in [5.41, 5.74) is 2.97. The van der Waals surface area contributed by atoms with E-state index in [1.54, 1.807) is 0 Å². The number of fused-ring (bicyclic) bond motifs is 1. The molecule has 4 atom stereocenters. The van der Waals surface area contributed by atoms with Gasteiger partial charge in [0.1, 0.15) is 12.0 Å². The molecule has 3 N–H and O–H groups in total. The Kier molecular flexibility index (Phi) is 5.35. The lowest BCUT2D eigenvalue weighted by Crippen LogP contribution is -2.55. The summed E-state index contributed by atoms with van der Waals surface area (Å²) >= 11 is 0. The third kappa shape index (κ3) is 4.20. The SMILES string of the molecule is CC[C@@H]1CC(NC(=O)C2CCC(C(F)(F)F)NC2=O)c2ccc(C)cc2N1. The fourth-order valence-electron chi connectivity index (χ4n) is 3.77. The van der Waals surface area contributed by atoms with Crippen LogP contribution in [0.5, 0.6) is 0 Å². The van der Waals surface area contributed by atoms with Gasteiger partial charge in [0.15, 0.2) is 0 Å². The Morgan fingerprint density at radius 3 is 2.63 bits per heavy atom. The van der Waals surface area contributed by atoms with Crippen molar-refractivity contribution in [2.45, 2.75) is 63.8 Å². The molecular weight excluding hydrogens is 359 g/mol. The Morgan fingerprint density at radius 2 is 2.00 bits per heavy atom. The lowest BCUT2D eigenvalue weighted by molar-refractivity contribution is -0.171. The van der Waals surface area contributed by atoms with Gasteiger partial charge in [-0.05, 0) is 49.8 Å². The number of benzene rings is 1. The molecule has 8 heteroatoms. The van der Waals surface area contributed by atoms with Gasteiger partial charge in [-0.15, -0.1) is 0 Å². The van der Waals surface area contributed by atoms with Crippen molar-refractivity contribution in [2.24, 2.45) is 5.92 Å². The zero-order valence-corrected chi connectivity index (χ0v) is 15.3. The van der Waals surface area contributed by atoms with Gasteiger partial charge >= 0.3 is 6.18 Å². The number of aryl methyl sites for hydroxylation is 1. The molecule has 1 aromatic rings. The third-order valence-corrected chi connectivity index (χ3v) is 5.36. The normalized spacial score (nSPS) is 28.0. The number of nitrogens with one attached hydrogen (secondary N) is 3. The van der Waals surface area contributed by atoms with Crippen molar-refractivity contribution >= 4 is 17.5 Å². The van der Waals surface area contributed by atoms with Crippen molar-refractivity contribution in [3.8, 4) is 0 Å². The minimum Gasteiger partial charge on any atom is -0.382 e. The van der Waals surface area contributed by atoms with Crippen molar-refractivity contribution in [1.29, 1.82) is 0 Å². The quantitative estimate of drug-likeness (QED) is 0.702. The Morgan fingerprint density at radius 1 is 1.26 bits per heavy atom. The average molecular weight is 383 g/mol. The summed E-state index contributed by atoms with van der Waals surface area (Å²) in [6, 6.07) is 3.94. The largest absolute Gasteiger partial charge is 0.408 e. The molecule has 2 heterocycles. The van der Waals surface area contributed by atoms with E-state index in [0.717, 1.165) is 23.2 Å². The molecule has 3 unspecified atom stereocenters. The molecule has 27 heavy (non-hydrogen) atoms. The maximum atomic E-state index is 12.8. The molecule has 0 aliphatic carbocycles. The average Bonchev–Trinajstić information content (AvgIpc) is 2.60. The van der Waals surface area contributed by atoms with Gasteiger partial charge in [0.25, 0.3) is 0 Å². The predicted molar refractivity (Wildman–Crippen MR) is 95.1 cm³/mol. The van der Waals surface area contributed by atoms with Crippen LogP contribution in [-0.4, -0.2) is 30.1 Å². The number of halogens is 3. The van der Waals surface area contributed by atoms with Crippen molar-refractivity contribution in [2.75, 3.05) is 5.32 Å². The van der Waals surface area contributed by atoms with Crippen LogP contribution in [0.2, 0.25) is 0 Å². The fraction of sp³-hybridized carbons (Fsp3) is 0.579. The Bertz CT molecular complexity index is 735. The maximum absolute atomic E-state index is 12.8. The molecule has 0 radical (unpaired) electrons. The highest BCUT2D eigenvalue weighted by atomic mass is 19.4. The first-order valence-electron chi connectivity index (χ1n) is 9.23. The van der Waals surface area contributed by atoms with Crippen LogP contribution < -0.4 is 16.0 Å². The second kappa shape index (κ2) is 7.40. The van der Waals surface area contributed by atoms with Crippen molar-refractivity contribution < 1.29 is 22.8 Å². The third-order valence-electron chi connectivity index (χ3n) is 5.36. The zero-order valence-electron chi connectivity index (χ0n) is 15.3. The van der Waals surface area contributed by atoms with E-state index in [4.69, 9.17) is 0 Å². The van der Waals surface area contributed by atoms with Crippen LogP contribution in [0.4, 0.5) is 18.9 Å². The van der Waals surface area contributed by atoms with Crippen LogP contribution in [0.1, 0.15) is 49.8 Å². The van der Waals surface area contributed by atoms with Crippen LogP contribution in [0.3, 0.4) is 0 Å². The van der Waals surface area contributed by atoms with Crippen molar-refractivity contribution in [3.05, 3.63) is 29.3 Å². The van der Waals surface area contributed by atoms with Crippen molar-refractivity contribution in [1.82, 2.24) is 10.6 Å². The van der Waals surface area contributed by atoms with Crippen LogP contribution in [0.25, 0.3) is 0 Å². The van der Waals surface area contributed by atoms with E-state index in [-0.39, 0.29) is 24.9 Å². The molecule has 1 fully saturated rings. The van der Waals surface area contributed by atoms with Gasteiger partial charge in [0.2, 0.25) is 11.8 Å². The Hall–Kier alpha value is -2.25. The topological polar surface area (TPSA) is 70.2 Å². The predicted octanol–water partition coefficient (Wildman–Crippen LogP) is 3.20. The summed E-state index contributed by atoms with van der Waals surface area (Å²) in [6.07, 6.45) is -3.34. The highest BCUT2D eigenvalue weighted by molar-refractivity contribution is 6.01. The first-order valence-corrected chi connectivity index (χ1v) is 9.23. The summed E-state index contributed by atoms with van der Waals surface area (Å²) in [5.74, 6) is -2.46. The number of piperidine rings is 1. The minimum absolute atomic E-state index is 0.106. The van der Waals surface area contributed by atoms with E-state index >= 15 is 0 Å². The highest BCUT2D eigenvalue weighted by Gasteiger charge is 2.46. The molecule has 148 valence electrons. The number of hydrogen-bond acceptors (Lipinski definition) is 3. The molecule has 0 aromatic heterocycles. The molecule has 0 bridgehead atoms. The van der Waals surface area contributed by atoms with E-state index in [1.165, 1.54) is 0 Å². The Labute approximate surface area is 156 Å². The second-order valence-corrected chi connectivity index (χ2v) is 7.37. The molecular formula is C19H24F3N3O2. The van der Waals surface area contributed by atoms with Gasteiger partial charge in [-0.3, -0.25) is 9.59 Å². The summed E-state index contributed by atoms with van der Waals surface area (Å²) in [4.78, 5) is 24.7. The highest BCUT2D eigenvalue weighted by Crippen LogP contribution is 2.35. The van der Waals surface area contributed by atoms with Crippen LogP contribution >= 0.6 is 0 Å². The Balaban J connectivity index is 1.72. The standard InChI is InChI=1S/C19H24F3N3O2/c1-3-11-9-15(12-5-4-10(2)8-14(12)23-11)24-17(26)13-6-7-16(19(20,21)22)25-18(13)27/h4-5,8,11,13,15-16,23H,3,6-7,9H2,1-2H3,(H,24,26)(H,25,27)/t11-,13?,15?,16?/m1/s1. The van der Waals surface area contributed by atoms with Gasteiger partial charge in [-0.2, -0.15) is 13.2 Å². The molecule has 1 aromatic carbocycles. The van der Waals surface area contributed by atoms with Crippen LogP contribution in [-0.2, 0) is 9.59 Å². The fourth-order valence-corrected chi connectivity index (χ4v) is 3.77. The van der Waals surface area contributed by atoms with E-state index in [9.17, 15) is 22.8 Å². The van der Waals surface area contributed by atoms with Gasteiger partial charge < -0.3 is 16.0 Å². The number of anilines is 1. The van der Waals surface area contributed by atoms with Gasteiger partial charge in [0, 0.05) is 11.7 Å².